The van der Waals surface area contributed by atoms with E-state index >= 15 is 0 Å². The quantitative estimate of drug-likeness (QED) is 0.894. The Bertz CT molecular complexity index is 572. The number of halogens is 2. The van der Waals surface area contributed by atoms with E-state index in [1.54, 1.807) is 18.2 Å². The van der Waals surface area contributed by atoms with Crippen LogP contribution in [0.1, 0.15) is 15.9 Å². The standard InChI is InChI=1S/C15H13BrClNO/c16-14-10-12(17)6-7-13(14)15(19)18-9-8-11-4-2-1-3-5-11/h1-7,10H,8-9H2,(H,18,19). The number of hydrogen-bond donors (Lipinski definition) is 1. The average Bonchev–Trinajstić information content (AvgIpc) is 2.39. The highest BCUT2D eigenvalue weighted by Crippen LogP contribution is 2.21. The van der Waals surface area contributed by atoms with E-state index in [0.717, 1.165) is 6.42 Å². The number of rotatable bonds is 4. The van der Waals surface area contributed by atoms with Crippen molar-refractivity contribution in [3.05, 3.63) is 69.2 Å². The van der Waals surface area contributed by atoms with Gasteiger partial charge in [-0.1, -0.05) is 41.9 Å². The zero-order valence-electron chi connectivity index (χ0n) is 10.2. The molecule has 0 unspecified atom stereocenters. The lowest BCUT2D eigenvalue weighted by Gasteiger charge is -2.07. The Hall–Kier alpha value is -1.32. The Kier molecular flexibility index (Phi) is 5.00. The highest BCUT2D eigenvalue weighted by molar-refractivity contribution is 9.10. The Morgan fingerprint density at radius 1 is 1.16 bits per heavy atom. The van der Waals surface area contributed by atoms with Crippen LogP contribution < -0.4 is 5.32 Å². The Labute approximate surface area is 125 Å². The minimum Gasteiger partial charge on any atom is -0.352 e. The molecule has 1 amide bonds. The fourth-order valence-corrected chi connectivity index (χ4v) is 2.60. The number of amides is 1. The van der Waals surface area contributed by atoms with Crippen molar-refractivity contribution in [2.75, 3.05) is 6.54 Å². The summed E-state index contributed by atoms with van der Waals surface area (Å²) in [5.41, 5.74) is 1.80. The second kappa shape index (κ2) is 6.73. The molecule has 0 bridgehead atoms. The molecule has 0 aliphatic rings. The van der Waals surface area contributed by atoms with Gasteiger partial charge in [0.15, 0.2) is 0 Å². The second-order valence-electron chi connectivity index (χ2n) is 4.12. The van der Waals surface area contributed by atoms with Gasteiger partial charge in [0.1, 0.15) is 0 Å². The molecule has 2 aromatic rings. The predicted octanol–water partition coefficient (Wildman–Crippen LogP) is 4.08. The van der Waals surface area contributed by atoms with E-state index in [4.69, 9.17) is 11.6 Å². The largest absolute Gasteiger partial charge is 0.352 e. The Balaban J connectivity index is 1.91. The predicted molar refractivity (Wildman–Crippen MR) is 81.6 cm³/mol. The van der Waals surface area contributed by atoms with E-state index in [1.807, 2.05) is 30.3 Å². The second-order valence-corrected chi connectivity index (χ2v) is 5.41. The molecule has 19 heavy (non-hydrogen) atoms. The minimum atomic E-state index is -0.0977. The van der Waals surface area contributed by atoms with Crippen LogP contribution in [0.5, 0.6) is 0 Å². The SMILES string of the molecule is O=C(NCCc1ccccc1)c1ccc(Cl)cc1Br. The lowest BCUT2D eigenvalue weighted by Crippen LogP contribution is -2.26. The smallest absolute Gasteiger partial charge is 0.252 e. The van der Waals surface area contributed by atoms with Gasteiger partial charge in [0.05, 0.1) is 5.56 Å². The van der Waals surface area contributed by atoms with Crippen molar-refractivity contribution in [2.24, 2.45) is 0 Å². The van der Waals surface area contributed by atoms with Crippen LogP contribution in [0.4, 0.5) is 0 Å². The van der Waals surface area contributed by atoms with E-state index in [1.165, 1.54) is 5.56 Å². The van der Waals surface area contributed by atoms with Gasteiger partial charge in [0.2, 0.25) is 0 Å². The molecule has 98 valence electrons. The van der Waals surface area contributed by atoms with Gasteiger partial charge in [-0.05, 0) is 46.1 Å². The molecule has 2 aromatic carbocycles. The summed E-state index contributed by atoms with van der Waals surface area (Å²) in [6.45, 7) is 0.609. The summed E-state index contributed by atoms with van der Waals surface area (Å²) >= 11 is 9.18. The zero-order chi connectivity index (χ0) is 13.7. The number of carbonyl (C=O) groups is 1. The maximum absolute atomic E-state index is 12.0. The van der Waals surface area contributed by atoms with Gasteiger partial charge in [-0.2, -0.15) is 0 Å². The summed E-state index contributed by atoms with van der Waals surface area (Å²) in [6, 6.07) is 15.2. The molecule has 0 aromatic heterocycles. The van der Waals surface area contributed by atoms with Crippen LogP contribution in [0.3, 0.4) is 0 Å². The summed E-state index contributed by atoms with van der Waals surface area (Å²) in [5.74, 6) is -0.0977. The van der Waals surface area contributed by atoms with E-state index in [-0.39, 0.29) is 5.91 Å². The van der Waals surface area contributed by atoms with Crippen LogP contribution in [0.15, 0.2) is 53.0 Å². The number of benzene rings is 2. The first kappa shape index (κ1) is 14.1. The maximum atomic E-state index is 12.0. The van der Waals surface area contributed by atoms with Crippen molar-refractivity contribution in [3.8, 4) is 0 Å². The molecule has 0 saturated heterocycles. The lowest BCUT2D eigenvalue weighted by atomic mass is 10.1. The van der Waals surface area contributed by atoms with Crippen molar-refractivity contribution >= 4 is 33.4 Å². The molecule has 4 heteroatoms. The summed E-state index contributed by atoms with van der Waals surface area (Å²) in [7, 11) is 0. The molecule has 0 atom stereocenters. The van der Waals surface area contributed by atoms with Crippen molar-refractivity contribution < 1.29 is 4.79 Å². The summed E-state index contributed by atoms with van der Waals surface area (Å²) in [4.78, 5) is 12.0. The Morgan fingerprint density at radius 2 is 1.89 bits per heavy atom. The molecule has 1 N–H and O–H groups in total. The van der Waals surface area contributed by atoms with Crippen molar-refractivity contribution in [1.29, 1.82) is 0 Å². The Morgan fingerprint density at radius 3 is 2.58 bits per heavy atom. The van der Waals surface area contributed by atoms with Gasteiger partial charge < -0.3 is 5.32 Å². The monoisotopic (exact) mass is 337 g/mol. The van der Waals surface area contributed by atoms with E-state index in [0.29, 0.717) is 21.6 Å². The molecule has 0 saturated carbocycles. The van der Waals surface area contributed by atoms with Crippen LogP contribution >= 0.6 is 27.5 Å². The van der Waals surface area contributed by atoms with Crippen LogP contribution in [-0.2, 0) is 6.42 Å². The third-order valence-electron chi connectivity index (χ3n) is 2.72. The first-order chi connectivity index (χ1) is 9.16. The van der Waals surface area contributed by atoms with Crippen LogP contribution in [0, 0.1) is 0 Å². The molecule has 0 aliphatic heterocycles. The highest BCUT2D eigenvalue weighted by atomic mass is 79.9. The lowest BCUT2D eigenvalue weighted by molar-refractivity contribution is 0.0953. The first-order valence-electron chi connectivity index (χ1n) is 5.94. The normalized spacial score (nSPS) is 10.2. The molecule has 2 rings (SSSR count). The van der Waals surface area contributed by atoms with E-state index < -0.39 is 0 Å². The van der Waals surface area contributed by atoms with Gasteiger partial charge in [0.25, 0.3) is 5.91 Å². The molecular weight excluding hydrogens is 326 g/mol. The first-order valence-corrected chi connectivity index (χ1v) is 7.11. The summed E-state index contributed by atoms with van der Waals surface area (Å²) < 4.78 is 0.706. The molecule has 0 spiro atoms. The van der Waals surface area contributed by atoms with Gasteiger partial charge >= 0.3 is 0 Å². The molecule has 0 fully saturated rings. The molecule has 0 radical (unpaired) electrons. The number of nitrogens with one attached hydrogen (secondary N) is 1. The summed E-state index contributed by atoms with van der Waals surface area (Å²) in [5, 5.41) is 3.50. The summed E-state index contributed by atoms with van der Waals surface area (Å²) in [6.07, 6.45) is 0.817. The highest BCUT2D eigenvalue weighted by Gasteiger charge is 2.09. The van der Waals surface area contributed by atoms with Crippen molar-refractivity contribution in [3.63, 3.8) is 0 Å². The van der Waals surface area contributed by atoms with E-state index in [9.17, 15) is 4.79 Å². The van der Waals surface area contributed by atoms with Crippen LogP contribution in [-0.4, -0.2) is 12.5 Å². The van der Waals surface area contributed by atoms with Gasteiger partial charge in [-0.15, -0.1) is 0 Å². The van der Waals surface area contributed by atoms with Gasteiger partial charge in [-0.3, -0.25) is 4.79 Å². The molecule has 0 aliphatic carbocycles. The van der Waals surface area contributed by atoms with E-state index in [2.05, 4.69) is 21.2 Å². The molecule has 2 nitrogen and oxygen atoms in total. The van der Waals surface area contributed by atoms with Crippen molar-refractivity contribution in [2.45, 2.75) is 6.42 Å². The number of hydrogen-bond acceptors (Lipinski definition) is 1. The topological polar surface area (TPSA) is 29.1 Å². The third kappa shape index (κ3) is 4.08. The molecular formula is C15H13BrClNO. The maximum Gasteiger partial charge on any atom is 0.252 e. The minimum absolute atomic E-state index is 0.0977. The molecule has 0 heterocycles. The third-order valence-corrected chi connectivity index (χ3v) is 3.61. The van der Waals surface area contributed by atoms with Crippen LogP contribution in [0.25, 0.3) is 0 Å². The zero-order valence-corrected chi connectivity index (χ0v) is 12.5. The van der Waals surface area contributed by atoms with Crippen molar-refractivity contribution in [1.82, 2.24) is 5.32 Å². The van der Waals surface area contributed by atoms with Gasteiger partial charge in [-0.25, -0.2) is 0 Å². The number of carbonyl (C=O) groups excluding carboxylic acids is 1. The fraction of sp³-hybridized carbons (Fsp3) is 0.133. The fourth-order valence-electron chi connectivity index (χ4n) is 1.73. The average molecular weight is 339 g/mol. The van der Waals surface area contributed by atoms with Gasteiger partial charge in [0, 0.05) is 16.0 Å². The van der Waals surface area contributed by atoms with Crippen LogP contribution in [0.2, 0.25) is 5.02 Å².